The van der Waals surface area contributed by atoms with Gasteiger partial charge in [-0.1, -0.05) is 19.1 Å². The van der Waals surface area contributed by atoms with Crippen molar-refractivity contribution in [3.05, 3.63) is 58.4 Å². The Kier molecular flexibility index (Phi) is 6.54. The van der Waals surface area contributed by atoms with E-state index < -0.39 is 33.2 Å². The molecule has 4 rings (SSSR count). The number of nitro benzene ring substituents is 1. The summed E-state index contributed by atoms with van der Waals surface area (Å²) in [5, 5.41) is 14.6. The molecular formula is C22H25F2N5O4S. The van der Waals surface area contributed by atoms with Crippen LogP contribution < -0.4 is 5.32 Å². The van der Waals surface area contributed by atoms with Gasteiger partial charge < -0.3 is 5.32 Å². The normalized spacial score (nSPS) is 18.3. The minimum Gasteiger partial charge on any atom is -0.370 e. The lowest BCUT2D eigenvalue weighted by Gasteiger charge is -2.30. The molecule has 0 radical (unpaired) electrons. The van der Waals surface area contributed by atoms with Gasteiger partial charge in [0.15, 0.2) is 0 Å². The van der Waals surface area contributed by atoms with Gasteiger partial charge in [-0.15, -0.1) is 0 Å². The third-order valence-corrected chi connectivity index (χ3v) is 7.86. The maximum Gasteiger partial charge on any atom is 0.320 e. The lowest BCUT2D eigenvalue weighted by Crippen LogP contribution is -2.39. The Hall–Kier alpha value is -3.12. The van der Waals surface area contributed by atoms with Crippen molar-refractivity contribution >= 4 is 32.4 Å². The van der Waals surface area contributed by atoms with E-state index >= 15 is 0 Å². The first-order valence-electron chi connectivity index (χ1n) is 10.9. The molecule has 34 heavy (non-hydrogen) atoms. The van der Waals surface area contributed by atoms with Gasteiger partial charge in [0.2, 0.25) is 10.0 Å². The average molecular weight is 494 g/mol. The highest BCUT2D eigenvalue weighted by molar-refractivity contribution is 7.89. The summed E-state index contributed by atoms with van der Waals surface area (Å²) in [5.74, 6) is 0.207. The van der Waals surface area contributed by atoms with E-state index in [9.17, 15) is 27.3 Å². The molecule has 0 spiro atoms. The molecule has 0 aliphatic carbocycles. The zero-order chi connectivity index (χ0) is 24.6. The van der Waals surface area contributed by atoms with Crippen molar-refractivity contribution in [3.8, 4) is 0 Å². The number of hydrogen-bond acceptors (Lipinski definition) is 6. The molecule has 0 saturated carbocycles. The van der Waals surface area contributed by atoms with E-state index in [1.165, 1.54) is 22.5 Å². The van der Waals surface area contributed by atoms with Crippen molar-refractivity contribution in [1.29, 1.82) is 0 Å². The first-order valence-corrected chi connectivity index (χ1v) is 12.3. The van der Waals surface area contributed by atoms with Crippen molar-refractivity contribution in [1.82, 2.24) is 13.9 Å². The number of nitrogens with one attached hydrogen (secondary N) is 1. The molecule has 0 unspecified atom stereocenters. The lowest BCUT2D eigenvalue weighted by molar-refractivity contribution is -0.384. The van der Waals surface area contributed by atoms with Gasteiger partial charge in [0.05, 0.1) is 26.9 Å². The number of piperidine rings is 1. The maximum atomic E-state index is 13.8. The van der Waals surface area contributed by atoms with E-state index in [0.29, 0.717) is 18.6 Å². The zero-order valence-electron chi connectivity index (χ0n) is 18.7. The second-order valence-electron chi connectivity index (χ2n) is 8.52. The van der Waals surface area contributed by atoms with Gasteiger partial charge in [-0.2, -0.15) is 13.1 Å². The number of rotatable bonds is 7. The molecule has 3 aromatic rings. The standard InChI is InChI=1S/C22H25F2N5O4S/c1-14-6-5-11-27(13-14)34(32,33)16-9-10-18(20(12-16)29(30)31)25-15(2)21-26-17-7-3-4-8-19(17)28(21)22(23)24/h3-4,7-10,12,14-15,22,25H,5-6,11,13H2,1-2H3/t14-,15+/m0/s1. The van der Waals surface area contributed by atoms with Crippen LogP contribution in [0, 0.1) is 16.0 Å². The summed E-state index contributed by atoms with van der Waals surface area (Å²) in [6, 6.07) is 9.21. The van der Waals surface area contributed by atoms with Gasteiger partial charge in [-0.25, -0.2) is 13.4 Å². The third-order valence-electron chi connectivity index (χ3n) is 6.00. The minimum absolute atomic E-state index is 0.00417. The molecule has 0 bridgehead atoms. The van der Waals surface area contributed by atoms with Crippen LogP contribution in [0.2, 0.25) is 0 Å². The number of sulfonamides is 1. The number of benzene rings is 2. The summed E-state index contributed by atoms with van der Waals surface area (Å²) in [6.07, 6.45) is 1.65. The molecule has 182 valence electrons. The second-order valence-corrected chi connectivity index (χ2v) is 10.5. The number of imidazole rings is 1. The Labute approximate surface area is 195 Å². The fourth-order valence-electron chi connectivity index (χ4n) is 4.33. The fourth-order valence-corrected chi connectivity index (χ4v) is 5.95. The first-order chi connectivity index (χ1) is 16.1. The van der Waals surface area contributed by atoms with E-state index in [0.717, 1.165) is 23.5 Å². The number of nitro groups is 1. The van der Waals surface area contributed by atoms with Gasteiger partial charge in [-0.05, 0) is 49.9 Å². The second kappa shape index (κ2) is 9.26. The van der Waals surface area contributed by atoms with Crippen molar-refractivity contribution in [3.63, 3.8) is 0 Å². The Bertz CT molecular complexity index is 1330. The SMILES string of the molecule is C[C@H]1CCCN(S(=O)(=O)c2ccc(N[C@H](C)c3nc4ccccc4n3C(F)F)c([N+](=O)[O-])c2)C1. The highest BCUT2D eigenvalue weighted by Crippen LogP contribution is 2.34. The number of alkyl halides is 2. The van der Waals surface area contributed by atoms with Crippen LogP contribution in [0.1, 0.15) is 45.1 Å². The van der Waals surface area contributed by atoms with Crippen molar-refractivity contribution in [2.75, 3.05) is 18.4 Å². The van der Waals surface area contributed by atoms with Crippen molar-refractivity contribution in [2.24, 2.45) is 5.92 Å². The molecule has 1 aliphatic heterocycles. The molecule has 2 heterocycles. The number of anilines is 1. The van der Waals surface area contributed by atoms with Gasteiger partial charge in [0.1, 0.15) is 11.5 Å². The molecule has 9 nitrogen and oxygen atoms in total. The predicted octanol–water partition coefficient (Wildman–Crippen LogP) is 4.93. The fraction of sp³-hybridized carbons (Fsp3) is 0.409. The molecule has 1 aliphatic rings. The molecule has 1 fully saturated rings. The van der Waals surface area contributed by atoms with Crippen LogP contribution in [0.25, 0.3) is 11.0 Å². The molecule has 0 amide bonds. The molecule has 2 aromatic carbocycles. The summed E-state index contributed by atoms with van der Waals surface area (Å²) in [6.45, 7) is 1.38. The van der Waals surface area contributed by atoms with Crippen LogP contribution in [0.5, 0.6) is 0 Å². The number of hydrogen-bond donors (Lipinski definition) is 1. The topological polar surface area (TPSA) is 110 Å². The molecule has 1 aromatic heterocycles. The maximum absolute atomic E-state index is 13.8. The van der Waals surface area contributed by atoms with Crippen LogP contribution in [-0.4, -0.2) is 40.3 Å². The van der Waals surface area contributed by atoms with Crippen LogP contribution in [0.15, 0.2) is 47.4 Å². The van der Waals surface area contributed by atoms with Gasteiger partial charge >= 0.3 is 6.55 Å². The molecule has 1 N–H and O–H groups in total. The number of fused-ring (bicyclic) bond motifs is 1. The molecule has 12 heteroatoms. The number of aromatic nitrogens is 2. The van der Waals surface area contributed by atoms with Crippen LogP contribution in [0.3, 0.4) is 0 Å². The van der Waals surface area contributed by atoms with E-state index in [4.69, 9.17) is 0 Å². The largest absolute Gasteiger partial charge is 0.370 e. The van der Waals surface area contributed by atoms with Gasteiger partial charge in [-0.3, -0.25) is 14.7 Å². The van der Waals surface area contributed by atoms with Crippen molar-refractivity contribution < 1.29 is 22.1 Å². The Morgan fingerprint density at radius 3 is 2.65 bits per heavy atom. The van der Waals surface area contributed by atoms with Crippen LogP contribution in [-0.2, 0) is 10.0 Å². The molecule has 1 saturated heterocycles. The van der Waals surface area contributed by atoms with Crippen LogP contribution >= 0.6 is 0 Å². The summed E-state index contributed by atoms with van der Waals surface area (Å²) in [5.41, 5.74) is 0.167. The average Bonchev–Trinajstić information content (AvgIpc) is 3.19. The Morgan fingerprint density at radius 1 is 1.24 bits per heavy atom. The van der Waals surface area contributed by atoms with Gasteiger partial charge in [0, 0.05) is 19.2 Å². The van der Waals surface area contributed by atoms with Gasteiger partial charge in [0.25, 0.3) is 5.69 Å². The van der Waals surface area contributed by atoms with Crippen molar-refractivity contribution in [2.45, 2.75) is 44.2 Å². The highest BCUT2D eigenvalue weighted by atomic mass is 32.2. The van der Waals surface area contributed by atoms with E-state index in [-0.39, 0.29) is 27.8 Å². The summed E-state index contributed by atoms with van der Waals surface area (Å²) in [7, 11) is -3.90. The summed E-state index contributed by atoms with van der Waals surface area (Å²) < 4.78 is 55.9. The summed E-state index contributed by atoms with van der Waals surface area (Å²) in [4.78, 5) is 15.2. The third kappa shape index (κ3) is 4.47. The Balaban J connectivity index is 1.67. The number of halogens is 2. The number of para-hydroxylation sites is 2. The van der Waals surface area contributed by atoms with E-state index in [1.54, 1.807) is 25.1 Å². The van der Waals surface area contributed by atoms with Crippen LogP contribution in [0.4, 0.5) is 20.2 Å². The summed E-state index contributed by atoms with van der Waals surface area (Å²) >= 11 is 0. The zero-order valence-corrected chi connectivity index (χ0v) is 19.5. The quantitative estimate of drug-likeness (QED) is 0.369. The minimum atomic E-state index is -3.90. The molecule has 2 atom stereocenters. The first kappa shape index (κ1) is 24.0. The van der Waals surface area contributed by atoms with E-state index in [1.807, 2.05) is 6.92 Å². The highest BCUT2D eigenvalue weighted by Gasteiger charge is 2.31. The lowest BCUT2D eigenvalue weighted by atomic mass is 10.0. The Morgan fingerprint density at radius 2 is 1.97 bits per heavy atom. The van der Waals surface area contributed by atoms with E-state index in [2.05, 4.69) is 10.3 Å². The monoisotopic (exact) mass is 493 g/mol. The predicted molar refractivity (Wildman–Crippen MR) is 123 cm³/mol. The molecular weight excluding hydrogens is 468 g/mol. The number of nitrogens with zero attached hydrogens (tertiary/aromatic N) is 4. The smallest absolute Gasteiger partial charge is 0.320 e.